The highest BCUT2D eigenvalue weighted by Crippen LogP contribution is 2.33. The van der Waals surface area contributed by atoms with Crippen molar-refractivity contribution in [1.82, 2.24) is 0 Å². The summed E-state index contributed by atoms with van der Waals surface area (Å²) in [6.45, 7) is 0. The standard InChI is InChI=1S/C12H10ClN/c13-11-6-4-10(5-7-11)12(8-14)9-2-1-3-9/h4-7H,1-3H2. The average molecular weight is 204 g/mol. The van der Waals surface area contributed by atoms with E-state index in [-0.39, 0.29) is 0 Å². The fraction of sp³-hybridized carbons (Fsp3) is 0.250. The fourth-order valence-electron chi connectivity index (χ4n) is 1.57. The Labute approximate surface area is 88.6 Å². The van der Waals surface area contributed by atoms with Crippen molar-refractivity contribution in [2.45, 2.75) is 19.3 Å². The number of hydrogen-bond donors (Lipinski definition) is 0. The Morgan fingerprint density at radius 3 is 2.29 bits per heavy atom. The summed E-state index contributed by atoms with van der Waals surface area (Å²) < 4.78 is 0. The van der Waals surface area contributed by atoms with Crippen LogP contribution >= 0.6 is 11.6 Å². The van der Waals surface area contributed by atoms with E-state index in [1.807, 2.05) is 24.3 Å². The quantitative estimate of drug-likeness (QED) is 0.637. The molecule has 1 nitrogen and oxygen atoms in total. The lowest BCUT2D eigenvalue weighted by Crippen LogP contribution is -2.00. The normalized spacial score (nSPS) is 14.4. The molecule has 0 aromatic heterocycles. The van der Waals surface area contributed by atoms with Gasteiger partial charge in [-0.1, -0.05) is 29.3 Å². The van der Waals surface area contributed by atoms with Gasteiger partial charge in [0, 0.05) is 5.02 Å². The van der Waals surface area contributed by atoms with Crippen LogP contribution in [-0.4, -0.2) is 0 Å². The molecule has 0 atom stereocenters. The van der Waals surface area contributed by atoms with E-state index < -0.39 is 0 Å². The molecule has 0 unspecified atom stereocenters. The van der Waals surface area contributed by atoms with Crippen LogP contribution in [0.3, 0.4) is 0 Å². The molecule has 0 saturated heterocycles. The topological polar surface area (TPSA) is 23.8 Å². The predicted octanol–water partition coefficient (Wildman–Crippen LogP) is 3.80. The molecule has 2 heteroatoms. The summed E-state index contributed by atoms with van der Waals surface area (Å²) in [5, 5.41) is 9.76. The molecule has 70 valence electrons. The van der Waals surface area contributed by atoms with E-state index in [0.29, 0.717) is 5.02 Å². The predicted molar refractivity (Wildman–Crippen MR) is 57.8 cm³/mol. The summed E-state index contributed by atoms with van der Waals surface area (Å²) in [6, 6.07) is 9.75. The molecule has 1 aromatic rings. The van der Waals surface area contributed by atoms with Gasteiger partial charge in [-0.2, -0.15) is 5.26 Å². The lowest BCUT2D eigenvalue weighted by molar-refractivity contribution is 0.667. The highest BCUT2D eigenvalue weighted by atomic mass is 35.5. The van der Waals surface area contributed by atoms with Crippen molar-refractivity contribution in [2.24, 2.45) is 0 Å². The molecular formula is C12H10ClN. The second kappa shape index (κ2) is 3.86. The Morgan fingerprint density at radius 1 is 1.21 bits per heavy atom. The van der Waals surface area contributed by atoms with Gasteiger partial charge in [-0.25, -0.2) is 0 Å². The first kappa shape index (κ1) is 9.30. The van der Waals surface area contributed by atoms with E-state index >= 15 is 0 Å². The maximum Gasteiger partial charge on any atom is 0.0997 e. The number of nitrogens with zero attached hydrogens (tertiary/aromatic N) is 1. The summed E-state index contributed by atoms with van der Waals surface area (Å²) in [7, 11) is 0. The van der Waals surface area contributed by atoms with Crippen molar-refractivity contribution >= 4 is 17.2 Å². The summed E-state index contributed by atoms with van der Waals surface area (Å²) in [6.07, 6.45) is 3.37. The van der Waals surface area contributed by atoms with Gasteiger partial charge >= 0.3 is 0 Å². The lowest BCUT2D eigenvalue weighted by atomic mass is 9.86. The van der Waals surface area contributed by atoms with Gasteiger partial charge in [-0.05, 0) is 37.0 Å². The maximum absolute atomic E-state index is 9.04. The minimum absolute atomic E-state index is 0.713. The van der Waals surface area contributed by atoms with Crippen LogP contribution in [0.4, 0.5) is 0 Å². The van der Waals surface area contributed by atoms with Crippen LogP contribution in [0.1, 0.15) is 24.8 Å². The number of rotatable bonds is 1. The van der Waals surface area contributed by atoms with Crippen LogP contribution in [0.5, 0.6) is 0 Å². The molecular weight excluding hydrogens is 194 g/mol. The molecule has 1 aliphatic rings. The average Bonchev–Trinajstić information content (AvgIpc) is 2.13. The monoisotopic (exact) mass is 203 g/mol. The first-order valence-corrected chi connectivity index (χ1v) is 5.07. The third-order valence-corrected chi connectivity index (χ3v) is 2.81. The molecule has 0 radical (unpaired) electrons. The molecule has 1 aromatic carbocycles. The summed E-state index contributed by atoms with van der Waals surface area (Å²) >= 11 is 5.79. The Hall–Kier alpha value is -1.26. The molecule has 0 heterocycles. The molecule has 0 aliphatic heterocycles. The van der Waals surface area contributed by atoms with Crippen LogP contribution in [0, 0.1) is 11.3 Å². The van der Waals surface area contributed by atoms with E-state index in [2.05, 4.69) is 6.07 Å². The summed E-state index contributed by atoms with van der Waals surface area (Å²) in [4.78, 5) is 0. The Kier molecular flexibility index (Phi) is 2.56. The lowest BCUT2D eigenvalue weighted by Gasteiger charge is -2.18. The number of halogens is 1. The molecule has 1 fully saturated rings. The zero-order valence-corrected chi connectivity index (χ0v) is 8.51. The summed E-state index contributed by atoms with van der Waals surface area (Å²) in [5.41, 5.74) is 3.12. The molecule has 0 amide bonds. The highest BCUT2D eigenvalue weighted by Gasteiger charge is 2.15. The molecule has 14 heavy (non-hydrogen) atoms. The van der Waals surface area contributed by atoms with Crippen molar-refractivity contribution in [1.29, 1.82) is 5.26 Å². The zero-order valence-electron chi connectivity index (χ0n) is 7.76. The molecule has 0 bridgehead atoms. The first-order valence-electron chi connectivity index (χ1n) is 4.69. The Morgan fingerprint density at radius 2 is 1.86 bits per heavy atom. The maximum atomic E-state index is 9.04. The van der Waals surface area contributed by atoms with E-state index in [4.69, 9.17) is 16.9 Å². The van der Waals surface area contributed by atoms with Gasteiger partial charge < -0.3 is 0 Å². The molecule has 2 rings (SSSR count). The van der Waals surface area contributed by atoms with Crippen molar-refractivity contribution in [3.05, 3.63) is 40.4 Å². The largest absolute Gasteiger partial charge is 0.192 e. The van der Waals surface area contributed by atoms with E-state index in [1.165, 1.54) is 12.0 Å². The van der Waals surface area contributed by atoms with E-state index in [1.54, 1.807) is 0 Å². The van der Waals surface area contributed by atoms with Gasteiger partial charge in [0.2, 0.25) is 0 Å². The second-order valence-electron chi connectivity index (χ2n) is 3.45. The SMILES string of the molecule is N#CC(=C1CCC1)c1ccc(Cl)cc1. The summed E-state index contributed by atoms with van der Waals surface area (Å²) in [5.74, 6) is 0. The molecule has 1 aliphatic carbocycles. The van der Waals surface area contributed by atoms with Gasteiger partial charge in [0.15, 0.2) is 0 Å². The van der Waals surface area contributed by atoms with Gasteiger partial charge in [-0.3, -0.25) is 0 Å². The fourth-order valence-corrected chi connectivity index (χ4v) is 1.69. The third-order valence-electron chi connectivity index (χ3n) is 2.56. The highest BCUT2D eigenvalue weighted by molar-refractivity contribution is 6.30. The van der Waals surface area contributed by atoms with Gasteiger partial charge in [0.1, 0.15) is 0 Å². The van der Waals surface area contributed by atoms with Crippen LogP contribution in [0.15, 0.2) is 29.8 Å². The first-order chi connectivity index (χ1) is 6.81. The molecule has 1 saturated carbocycles. The van der Waals surface area contributed by atoms with Gasteiger partial charge in [-0.15, -0.1) is 0 Å². The van der Waals surface area contributed by atoms with E-state index in [9.17, 15) is 0 Å². The number of allylic oxidation sites excluding steroid dienone is 2. The zero-order chi connectivity index (χ0) is 9.97. The van der Waals surface area contributed by atoms with Crippen molar-refractivity contribution < 1.29 is 0 Å². The van der Waals surface area contributed by atoms with Crippen LogP contribution in [-0.2, 0) is 0 Å². The van der Waals surface area contributed by atoms with Crippen molar-refractivity contribution in [3.8, 4) is 6.07 Å². The van der Waals surface area contributed by atoms with Crippen molar-refractivity contribution in [3.63, 3.8) is 0 Å². The third kappa shape index (κ3) is 1.66. The number of benzene rings is 1. The second-order valence-corrected chi connectivity index (χ2v) is 3.89. The van der Waals surface area contributed by atoms with Gasteiger partial charge in [0.25, 0.3) is 0 Å². The Bertz CT molecular complexity index is 403. The number of nitriles is 1. The van der Waals surface area contributed by atoms with Crippen LogP contribution < -0.4 is 0 Å². The van der Waals surface area contributed by atoms with Crippen LogP contribution in [0.25, 0.3) is 5.57 Å². The smallest absolute Gasteiger partial charge is 0.0997 e. The van der Waals surface area contributed by atoms with Gasteiger partial charge in [0.05, 0.1) is 11.6 Å². The Balaban J connectivity index is 2.38. The van der Waals surface area contributed by atoms with Crippen molar-refractivity contribution in [2.75, 3.05) is 0 Å². The van der Waals surface area contributed by atoms with E-state index in [0.717, 1.165) is 24.0 Å². The minimum Gasteiger partial charge on any atom is -0.192 e. The minimum atomic E-state index is 0.713. The molecule has 0 spiro atoms. The number of hydrogen-bond acceptors (Lipinski definition) is 1. The molecule has 0 N–H and O–H groups in total. The van der Waals surface area contributed by atoms with Crippen LogP contribution in [0.2, 0.25) is 5.02 Å².